The lowest BCUT2D eigenvalue weighted by Crippen LogP contribution is -2.50. The summed E-state index contributed by atoms with van der Waals surface area (Å²) >= 11 is 0. The van der Waals surface area contributed by atoms with Crippen LogP contribution in [0.4, 0.5) is 0 Å². The molecule has 0 spiro atoms. The predicted octanol–water partition coefficient (Wildman–Crippen LogP) is 4.21. The zero-order valence-corrected chi connectivity index (χ0v) is 9.52. The Morgan fingerprint density at radius 2 is 1.79 bits per heavy atom. The molecule has 0 N–H and O–H groups in total. The van der Waals surface area contributed by atoms with Gasteiger partial charge in [0.05, 0.1) is 0 Å². The SMILES string of the molecule is [CH2]C12CC3CC(C1)CC(CCC)(C3)C2. The normalized spacial score (nSPS) is 55.3. The third kappa shape index (κ3) is 1.26. The monoisotopic (exact) mass is 191 g/mol. The molecule has 4 aliphatic carbocycles. The van der Waals surface area contributed by atoms with Crippen LogP contribution in [0, 0.1) is 29.6 Å². The molecular weight excluding hydrogens is 168 g/mol. The van der Waals surface area contributed by atoms with E-state index in [0.29, 0.717) is 5.41 Å². The summed E-state index contributed by atoms with van der Waals surface area (Å²) in [6.45, 7) is 6.91. The first-order valence-corrected chi connectivity index (χ1v) is 6.49. The third-order valence-electron chi connectivity index (χ3n) is 5.08. The van der Waals surface area contributed by atoms with Crippen molar-refractivity contribution in [1.82, 2.24) is 0 Å². The second kappa shape index (κ2) is 2.77. The average molecular weight is 191 g/mol. The Morgan fingerprint density at radius 1 is 1.14 bits per heavy atom. The van der Waals surface area contributed by atoms with Crippen molar-refractivity contribution in [2.24, 2.45) is 22.7 Å². The molecule has 0 aliphatic heterocycles. The molecule has 0 saturated heterocycles. The summed E-state index contributed by atoms with van der Waals surface area (Å²) in [4.78, 5) is 0. The molecule has 0 heterocycles. The zero-order valence-electron chi connectivity index (χ0n) is 9.52. The average Bonchev–Trinajstić information content (AvgIpc) is 1.97. The number of hydrogen-bond donors (Lipinski definition) is 0. The molecule has 4 aliphatic rings. The van der Waals surface area contributed by atoms with Crippen LogP contribution in [-0.2, 0) is 0 Å². The van der Waals surface area contributed by atoms with Gasteiger partial charge in [0.2, 0.25) is 0 Å². The molecule has 0 aromatic rings. The minimum absolute atomic E-state index is 0.513. The summed E-state index contributed by atoms with van der Waals surface area (Å²) in [5.74, 6) is 2.11. The summed E-state index contributed by atoms with van der Waals surface area (Å²) < 4.78 is 0. The fraction of sp³-hybridized carbons (Fsp3) is 0.929. The van der Waals surface area contributed by atoms with Crippen LogP contribution in [0.15, 0.2) is 0 Å². The van der Waals surface area contributed by atoms with Crippen LogP contribution in [0.3, 0.4) is 0 Å². The van der Waals surface area contributed by atoms with Crippen LogP contribution in [0.5, 0.6) is 0 Å². The highest BCUT2D eigenvalue weighted by molar-refractivity contribution is 5.08. The van der Waals surface area contributed by atoms with Gasteiger partial charge in [0, 0.05) is 0 Å². The van der Waals surface area contributed by atoms with E-state index in [2.05, 4.69) is 13.8 Å². The summed E-state index contributed by atoms with van der Waals surface area (Å²) in [5, 5.41) is 0. The van der Waals surface area contributed by atoms with Gasteiger partial charge in [0.1, 0.15) is 0 Å². The second-order valence-electron chi connectivity index (χ2n) is 6.71. The fourth-order valence-electron chi connectivity index (χ4n) is 5.47. The molecule has 4 bridgehead atoms. The highest BCUT2D eigenvalue weighted by atomic mass is 14.6. The first kappa shape index (κ1) is 9.24. The smallest absolute Gasteiger partial charge is 0.0287 e. The lowest BCUT2D eigenvalue weighted by Gasteiger charge is -2.61. The van der Waals surface area contributed by atoms with Gasteiger partial charge in [-0.3, -0.25) is 0 Å². The third-order valence-corrected chi connectivity index (χ3v) is 5.08. The Morgan fingerprint density at radius 3 is 2.29 bits per heavy atom. The first-order valence-electron chi connectivity index (χ1n) is 6.49. The van der Waals surface area contributed by atoms with E-state index in [1.807, 2.05) is 0 Å². The minimum atomic E-state index is 0.513. The van der Waals surface area contributed by atoms with Gasteiger partial charge >= 0.3 is 0 Å². The lowest BCUT2D eigenvalue weighted by molar-refractivity contribution is -0.0929. The molecule has 0 heteroatoms. The Balaban J connectivity index is 1.89. The van der Waals surface area contributed by atoms with E-state index in [9.17, 15) is 0 Å². The van der Waals surface area contributed by atoms with E-state index >= 15 is 0 Å². The molecular formula is C14H23. The fourth-order valence-corrected chi connectivity index (χ4v) is 5.47. The van der Waals surface area contributed by atoms with Crippen molar-refractivity contribution in [1.29, 1.82) is 0 Å². The molecule has 4 fully saturated rings. The minimum Gasteiger partial charge on any atom is -0.0654 e. The van der Waals surface area contributed by atoms with Gasteiger partial charge in [0.25, 0.3) is 0 Å². The number of rotatable bonds is 2. The van der Waals surface area contributed by atoms with Crippen molar-refractivity contribution in [2.75, 3.05) is 0 Å². The highest BCUT2D eigenvalue weighted by Gasteiger charge is 2.54. The zero-order chi connectivity index (χ0) is 9.81. The Bertz CT molecular complexity index is 226. The van der Waals surface area contributed by atoms with Crippen LogP contribution in [0.1, 0.15) is 58.3 Å². The van der Waals surface area contributed by atoms with E-state index in [1.165, 1.54) is 32.1 Å². The van der Waals surface area contributed by atoms with Crippen molar-refractivity contribution in [3.63, 3.8) is 0 Å². The molecule has 2 unspecified atom stereocenters. The number of hydrogen-bond acceptors (Lipinski definition) is 0. The summed E-state index contributed by atoms with van der Waals surface area (Å²) in [7, 11) is 0. The summed E-state index contributed by atoms with van der Waals surface area (Å²) in [6, 6.07) is 0. The van der Waals surface area contributed by atoms with Crippen LogP contribution in [-0.4, -0.2) is 0 Å². The molecule has 0 amide bonds. The van der Waals surface area contributed by atoms with Gasteiger partial charge in [-0.1, -0.05) is 13.3 Å². The van der Waals surface area contributed by atoms with E-state index < -0.39 is 0 Å². The first-order chi connectivity index (χ1) is 6.63. The Labute approximate surface area is 88.5 Å². The predicted molar refractivity (Wildman–Crippen MR) is 59.8 cm³/mol. The van der Waals surface area contributed by atoms with Gasteiger partial charge in [0.15, 0.2) is 0 Å². The van der Waals surface area contributed by atoms with Crippen molar-refractivity contribution in [2.45, 2.75) is 58.3 Å². The van der Waals surface area contributed by atoms with Gasteiger partial charge in [-0.2, -0.15) is 0 Å². The maximum absolute atomic E-state index is 4.56. The van der Waals surface area contributed by atoms with E-state index in [4.69, 9.17) is 0 Å². The van der Waals surface area contributed by atoms with Crippen molar-refractivity contribution in [3.8, 4) is 0 Å². The topological polar surface area (TPSA) is 0 Å². The van der Waals surface area contributed by atoms with Gasteiger partial charge < -0.3 is 0 Å². The van der Waals surface area contributed by atoms with E-state index in [-0.39, 0.29) is 0 Å². The maximum atomic E-state index is 4.56. The summed E-state index contributed by atoms with van der Waals surface area (Å²) in [5.41, 5.74) is 1.26. The molecule has 79 valence electrons. The maximum Gasteiger partial charge on any atom is -0.0287 e. The lowest BCUT2D eigenvalue weighted by atomic mass is 9.44. The van der Waals surface area contributed by atoms with Crippen LogP contribution in [0.2, 0.25) is 0 Å². The van der Waals surface area contributed by atoms with E-state index in [0.717, 1.165) is 17.3 Å². The largest absolute Gasteiger partial charge is 0.0654 e. The van der Waals surface area contributed by atoms with Crippen molar-refractivity contribution < 1.29 is 0 Å². The standard InChI is InChI=1S/C14H23/c1-3-4-14-8-11-5-12(9-14)7-13(2,6-11)10-14/h11-12H,2-10H2,1H3. The Kier molecular flexibility index (Phi) is 1.83. The van der Waals surface area contributed by atoms with Crippen LogP contribution >= 0.6 is 0 Å². The van der Waals surface area contributed by atoms with Crippen molar-refractivity contribution >= 4 is 0 Å². The molecule has 1 radical (unpaired) electrons. The van der Waals surface area contributed by atoms with Crippen LogP contribution < -0.4 is 0 Å². The van der Waals surface area contributed by atoms with Crippen LogP contribution in [0.25, 0.3) is 0 Å². The molecule has 0 aromatic heterocycles. The molecule has 14 heavy (non-hydrogen) atoms. The van der Waals surface area contributed by atoms with Crippen molar-refractivity contribution in [3.05, 3.63) is 6.92 Å². The molecule has 4 rings (SSSR count). The molecule has 4 saturated carbocycles. The Hall–Kier alpha value is 0. The van der Waals surface area contributed by atoms with Gasteiger partial charge in [-0.25, -0.2) is 0 Å². The quantitative estimate of drug-likeness (QED) is 0.613. The molecule has 0 aromatic carbocycles. The molecule has 0 nitrogen and oxygen atoms in total. The summed E-state index contributed by atoms with van der Waals surface area (Å²) in [6.07, 6.45) is 11.9. The highest BCUT2D eigenvalue weighted by Crippen LogP contribution is 2.66. The molecule has 2 atom stereocenters. The second-order valence-corrected chi connectivity index (χ2v) is 6.71. The van der Waals surface area contributed by atoms with Gasteiger partial charge in [-0.15, -0.1) is 0 Å². The van der Waals surface area contributed by atoms with Gasteiger partial charge in [-0.05, 0) is 74.5 Å². The van der Waals surface area contributed by atoms with E-state index in [1.54, 1.807) is 19.3 Å².